The molecule has 0 saturated heterocycles. The van der Waals surface area contributed by atoms with E-state index in [0.717, 1.165) is 0 Å². The zero-order valence-electron chi connectivity index (χ0n) is 9.74. The summed E-state index contributed by atoms with van der Waals surface area (Å²) in [4.78, 5) is 22.7. The van der Waals surface area contributed by atoms with Crippen molar-refractivity contribution in [2.75, 3.05) is 0 Å². The Bertz CT molecular complexity index is 465. The van der Waals surface area contributed by atoms with Gasteiger partial charge < -0.3 is 10.4 Å². The number of rotatable bonds is 5. The molecule has 1 atom stereocenters. The highest BCUT2D eigenvalue weighted by Crippen LogP contribution is 2.18. The van der Waals surface area contributed by atoms with Gasteiger partial charge in [0.15, 0.2) is 0 Å². The van der Waals surface area contributed by atoms with E-state index < -0.39 is 23.7 Å². The summed E-state index contributed by atoms with van der Waals surface area (Å²) in [6.45, 7) is 1.81. The van der Waals surface area contributed by atoms with Crippen LogP contribution in [-0.4, -0.2) is 23.0 Å². The van der Waals surface area contributed by atoms with E-state index in [1.807, 2.05) is 6.92 Å². The molecule has 0 heterocycles. The van der Waals surface area contributed by atoms with Crippen molar-refractivity contribution in [3.05, 3.63) is 34.1 Å². The quantitative estimate of drug-likeness (QED) is 0.877. The second kappa shape index (κ2) is 6.49. The first-order chi connectivity index (χ1) is 8.47. The summed E-state index contributed by atoms with van der Waals surface area (Å²) < 4.78 is 13.8. The molecule has 18 heavy (non-hydrogen) atoms. The first-order valence-electron chi connectivity index (χ1n) is 5.45. The topological polar surface area (TPSA) is 66.4 Å². The van der Waals surface area contributed by atoms with Gasteiger partial charge >= 0.3 is 5.97 Å². The number of hydrogen-bond acceptors (Lipinski definition) is 2. The second-order valence-corrected chi connectivity index (χ2v) is 4.61. The van der Waals surface area contributed by atoms with Gasteiger partial charge in [-0.1, -0.05) is 19.4 Å². The number of benzene rings is 1. The van der Waals surface area contributed by atoms with E-state index in [0.29, 0.717) is 12.8 Å². The van der Waals surface area contributed by atoms with Gasteiger partial charge in [-0.25, -0.2) is 9.18 Å². The van der Waals surface area contributed by atoms with Crippen LogP contribution in [0.5, 0.6) is 0 Å². The number of halogens is 2. The highest BCUT2D eigenvalue weighted by molar-refractivity contribution is 9.10. The molecule has 0 spiro atoms. The number of aliphatic carboxylic acids is 1. The molecule has 0 aromatic heterocycles. The van der Waals surface area contributed by atoms with Crippen LogP contribution in [0.15, 0.2) is 22.7 Å². The third-order valence-electron chi connectivity index (χ3n) is 2.38. The minimum absolute atomic E-state index is 0.164. The monoisotopic (exact) mass is 317 g/mol. The average Bonchev–Trinajstić information content (AvgIpc) is 2.31. The number of nitrogens with one attached hydrogen (secondary N) is 1. The molecule has 0 fully saturated rings. The van der Waals surface area contributed by atoms with Crippen LogP contribution in [0.1, 0.15) is 30.1 Å². The predicted molar refractivity (Wildman–Crippen MR) is 67.9 cm³/mol. The van der Waals surface area contributed by atoms with Gasteiger partial charge in [-0.3, -0.25) is 4.79 Å². The lowest BCUT2D eigenvalue weighted by atomic mass is 10.1. The highest BCUT2D eigenvalue weighted by Gasteiger charge is 2.21. The van der Waals surface area contributed by atoms with Crippen molar-refractivity contribution in [2.45, 2.75) is 25.8 Å². The molecule has 0 bridgehead atoms. The van der Waals surface area contributed by atoms with Gasteiger partial charge in [-0.15, -0.1) is 0 Å². The van der Waals surface area contributed by atoms with Gasteiger partial charge in [0.05, 0.1) is 10.0 Å². The molecule has 1 amide bonds. The Morgan fingerprint density at radius 2 is 2.17 bits per heavy atom. The fraction of sp³-hybridized carbons (Fsp3) is 0.333. The lowest BCUT2D eigenvalue weighted by Crippen LogP contribution is -2.41. The lowest BCUT2D eigenvalue weighted by Gasteiger charge is -2.14. The molecule has 0 aliphatic heterocycles. The first-order valence-corrected chi connectivity index (χ1v) is 6.24. The van der Waals surface area contributed by atoms with Crippen LogP contribution in [0, 0.1) is 5.82 Å². The zero-order chi connectivity index (χ0) is 13.7. The summed E-state index contributed by atoms with van der Waals surface area (Å²) in [5, 5.41) is 11.2. The largest absolute Gasteiger partial charge is 0.480 e. The van der Waals surface area contributed by atoms with Crippen molar-refractivity contribution in [1.29, 1.82) is 0 Å². The standard InChI is InChI=1S/C12H13BrFNO3/c1-2-4-9(12(17)18)15-11(16)7-5-3-6-8(13)10(7)14/h3,5-6,9H,2,4H2,1H3,(H,15,16)(H,17,18)/t9-/m0/s1. The van der Waals surface area contributed by atoms with Crippen LogP contribution < -0.4 is 5.32 Å². The number of carbonyl (C=O) groups is 2. The number of carboxylic acid groups (broad SMARTS) is 1. The summed E-state index contributed by atoms with van der Waals surface area (Å²) in [6, 6.07) is 3.28. The maximum absolute atomic E-state index is 13.6. The number of carbonyl (C=O) groups excluding carboxylic acids is 1. The van der Waals surface area contributed by atoms with Gasteiger partial charge in [-0.05, 0) is 34.5 Å². The Morgan fingerprint density at radius 1 is 1.50 bits per heavy atom. The van der Waals surface area contributed by atoms with E-state index in [4.69, 9.17) is 5.11 Å². The van der Waals surface area contributed by atoms with E-state index in [2.05, 4.69) is 21.2 Å². The van der Waals surface area contributed by atoms with E-state index in [9.17, 15) is 14.0 Å². The summed E-state index contributed by atoms with van der Waals surface area (Å²) in [7, 11) is 0. The molecule has 1 rings (SSSR count). The van der Waals surface area contributed by atoms with Gasteiger partial charge in [0.1, 0.15) is 11.9 Å². The SMILES string of the molecule is CCC[C@H](NC(=O)c1cccc(Br)c1F)C(=O)O. The molecule has 98 valence electrons. The number of hydrogen-bond donors (Lipinski definition) is 2. The molecule has 1 aromatic carbocycles. The molecule has 4 nitrogen and oxygen atoms in total. The van der Waals surface area contributed by atoms with Crippen molar-refractivity contribution in [1.82, 2.24) is 5.32 Å². The van der Waals surface area contributed by atoms with E-state index in [-0.39, 0.29) is 10.0 Å². The summed E-state index contributed by atoms with van der Waals surface area (Å²) in [6.07, 6.45) is 0.912. The van der Waals surface area contributed by atoms with Gasteiger partial charge in [0.2, 0.25) is 0 Å². The maximum Gasteiger partial charge on any atom is 0.326 e. The molecule has 0 saturated carbocycles. The second-order valence-electron chi connectivity index (χ2n) is 3.75. The third-order valence-corrected chi connectivity index (χ3v) is 2.99. The molecule has 1 aromatic rings. The fourth-order valence-electron chi connectivity index (χ4n) is 1.46. The van der Waals surface area contributed by atoms with Gasteiger partial charge in [-0.2, -0.15) is 0 Å². The van der Waals surface area contributed by atoms with Gasteiger partial charge in [0, 0.05) is 0 Å². The number of carboxylic acids is 1. The molecular formula is C12H13BrFNO3. The molecule has 0 radical (unpaired) electrons. The van der Waals surface area contributed by atoms with Crippen molar-refractivity contribution in [2.24, 2.45) is 0 Å². The molecule has 6 heteroatoms. The summed E-state index contributed by atoms with van der Waals surface area (Å²) in [5.41, 5.74) is -0.174. The average molecular weight is 318 g/mol. The van der Waals surface area contributed by atoms with Crippen LogP contribution in [-0.2, 0) is 4.79 Å². The Balaban J connectivity index is 2.87. The van der Waals surface area contributed by atoms with Crippen LogP contribution in [0.25, 0.3) is 0 Å². The summed E-state index contributed by atoms with van der Waals surface area (Å²) >= 11 is 2.97. The van der Waals surface area contributed by atoms with Crippen molar-refractivity contribution >= 4 is 27.8 Å². The zero-order valence-corrected chi connectivity index (χ0v) is 11.3. The van der Waals surface area contributed by atoms with Crippen LogP contribution in [0.4, 0.5) is 4.39 Å². The minimum Gasteiger partial charge on any atom is -0.480 e. The molecule has 0 aliphatic rings. The smallest absolute Gasteiger partial charge is 0.326 e. The number of amides is 1. The maximum atomic E-state index is 13.6. The molecule has 0 aliphatic carbocycles. The van der Waals surface area contributed by atoms with E-state index >= 15 is 0 Å². The lowest BCUT2D eigenvalue weighted by molar-refractivity contribution is -0.139. The molecule has 2 N–H and O–H groups in total. The van der Waals surface area contributed by atoms with Crippen molar-refractivity contribution < 1.29 is 19.1 Å². The third kappa shape index (κ3) is 3.53. The highest BCUT2D eigenvalue weighted by atomic mass is 79.9. The molecular weight excluding hydrogens is 305 g/mol. The Morgan fingerprint density at radius 3 is 2.72 bits per heavy atom. The van der Waals surface area contributed by atoms with Crippen molar-refractivity contribution in [3.8, 4) is 0 Å². The minimum atomic E-state index is -1.12. The van der Waals surface area contributed by atoms with E-state index in [1.54, 1.807) is 0 Å². The van der Waals surface area contributed by atoms with Crippen LogP contribution in [0.3, 0.4) is 0 Å². The Hall–Kier alpha value is -1.43. The predicted octanol–water partition coefficient (Wildman–Crippen LogP) is 2.57. The van der Waals surface area contributed by atoms with Crippen LogP contribution in [0.2, 0.25) is 0 Å². The fourth-order valence-corrected chi connectivity index (χ4v) is 1.83. The summed E-state index contributed by atoms with van der Waals surface area (Å²) in [5.74, 6) is -2.55. The first kappa shape index (κ1) is 14.6. The van der Waals surface area contributed by atoms with Gasteiger partial charge in [0.25, 0.3) is 5.91 Å². The van der Waals surface area contributed by atoms with Crippen molar-refractivity contribution in [3.63, 3.8) is 0 Å². The van der Waals surface area contributed by atoms with Crippen LogP contribution >= 0.6 is 15.9 Å². The Kier molecular flexibility index (Phi) is 5.27. The normalized spacial score (nSPS) is 11.9. The Labute approximate surface area is 112 Å². The molecule has 0 unspecified atom stereocenters. The van der Waals surface area contributed by atoms with E-state index in [1.165, 1.54) is 18.2 Å².